The van der Waals surface area contributed by atoms with Crippen molar-refractivity contribution in [2.75, 3.05) is 58.4 Å². The fourth-order valence-electron chi connectivity index (χ4n) is 6.61. The number of ether oxygens (including phenoxy) is 4. The summed E-state index contributed by atoms with van der Waals surface area (Å²) in [5.74, 6) is 0.302. The molecular weight excluding hydrogens is 775 g/mol. The van der Waals surface area contributed by atoms with Gasteiger partial charge in [-0.05, 0) is 49.9 Å². The van der Waals surface area contributed by atoms with E-state index in [4.69, 9.17) is 26.8 Å². The first-order valence-corrected chi connectivity index (χ1v) is 21.3. The maximum atomic E-state index is 13.5. The maximum Gasteiger partial charge on any atom is 0.420 e. The lowest BCUT2D eigenvalue weighted by atomic mass is 9.52. The second-order valence-corrected chi connectivity index (χ2v) is 18.7. The van der Waals surface area contributed by atoms with Crippen LogP contribution in [0, 0.1) is 22.7 Å². The first kappa shape index (κ1) is 45.3. The number of hydrogen-bond acceptors (Lipinski definition) is 12. The minimum Gasteiger partial charge on any atom is -0.491 e. The van der Waals surface area contributed by atoms with Crippen LogP contribution in [0.15, 0.2) is 55.2 Å². The standard InChI is InChI=1S/C41H55BN8O8S/c1-9-59(53,54)48-26-41(27-48,15-16-43)50-25-30(24-47-50)34-33-14-18-49(35(33)46-28-45-34)37(52)58-39(5,6)31-10-12-32(13-11-31)57-23-22-56-21-20-55-19-17-44-36(51)29(2)38(3,4)40(7,8)42/h10-14,18,24-25,28-29H,9,15,17,19-23,26-27H2,1-8H3,(H,44,51). The molecule has 1 atom stereocenters. The molecule has 5 rings (SSSR count). The van der Waals surface area contributed by atoms with E-state index < -0.39 is 32.6 Å². The summed E-state index contributed by atoms with van der Waals surface area (Å²) in [5.41, 5.74) is 0.0466. The van der Waals surface area contributed by atoms with Crippen LogP contribution in [-0.2, 0) is 40.2 Å². The summed E-state index contributed by atoms with van der Waals surface area (Å²) in [7, 11) is 2.88. The molecule has 4 heterocycles. The fraction of sp³-hybridized carbons (Fsp3) is 0.561. The molecule has 0 spiro atoms. The monoisotopic (exact) mass is 830 g/mol. The molecule has 2 radical (unpaired) electrons. The summed E-state index contributed by atoms with van der Waals surface area (Å²) in [6, 6.07) is 11.2. The van der Waals surface area contributed by atoms with Gasteiger partial charge in [0, 0.05) is 48.9 Å². The van der Waals surface area contributed by atoms with Crippen molar-refractivity contribution >= 4 is 40.9 Å². The van der Waals surface area contributed by atoms with Crippen LogP contribution in [-0.4, -0.2) is 115 Å². The van der Waals surface area contributed by atoms with Gasteiger partial charge in [0.15, 0.2) is 5.65 Å². The second kappa shape index (κ2) is 18.2. The van der Waals surface area contributed by atoms with Crippen molar-refractivity contribution in [3.05, 3.63) is 60.8 Å². The summed E-state index contributed by atoms with van der Waals surface area (Å²) < 4.78 is 52.1. The molecule has 0 bridgehead atoms. The van der Waals surface area contributed by atoms with Gasteiger partial charge in [-0.3, -0.25) is 9.48 Å². The molecule has 1 N–H and O–H groups in total. The van der Waals surface area contributed by atoms with Crippen LogP contribution in [0.1, 0.15) is 67.4 Å². The second-order valence-electron chi connectivity index (χ2n) is 16.5. The highest BCUT2D eigenvalue weighted by Crippen LogP contribution is 2.47. The summed E-state index contributed by atoms with van der Waals surface area (Å²) >= 11 is 0. The van der Waals surface area contributed by atoms with Gasteiger partial charge in [0.05, 0.1) is 64.4 Å². The van der Waals surface area contributed by atoms with Crippen molar-refractivity contribution in [2.45, 2.75) is 78.3 Å². The molecule has 18 heteroatoms. The number of amides is 1. The molecule has 0 saturated carbocycles. The zero-order chi connectivity index (χ0) is 43.2. The topological polar surface area (TPSA) is 193 Å². The minimum absolute atomic E-state index is 0.0208. The zero-order valence-electron chi connectivity index (χ0n) is 35.2. The van der Waals surface area contributed by atoms with E-state index in [0.717, 1.165) is 5.56 Å². The minimum atomic E-state index is -3.39. The molecule has 1 saturated heterocycles. The van der Waals surface area contributed by atoms with Gasteiger partial charge in [-0.25, -0.2) is 27.7 Å². The van der Waals surface area contributed by atoms with Crippen LogP contribution in [0.25, 0.3) is 22.3 Å². The Morgan fingerprint density at radius 1 is 1.00 bits per heavy atom. The SMILES string of the molecule is [B]C(C)(C)C(C)(C)C(C)C(=O)NCCOCCOCCOc1ccc(C(C)(C)OC(=O)n2ccc3c(-c4cnn(C5(CC#N)CN(S(=O)(=O)CC)C5)c4)ncnc32)cc1. The van der Waals surface area contributed by atoms with Gasteiger partial charge < -0.3 is 24.3 Å². The molecule has 1 aromatic carbocycles. The van der Waals surface area contributed by atoms with E-state index in [1.807, 2.05) is 46.8 Å². The molecule has 1 fully saturated rings. The van der Waals surface area contributed by atoms with E-state index in [2.05, 4.69) is 26.5 Å². The number of hydrogen-bond donors (Lipinski definition) is 1. The highest BCUT2D eigenvalue weighted by Gasteiger charge is 2.50. The normalized spacial score (nSPS) is 15.3. The third kappa shape index (κ3) is 10.1. The molecule has 1 aliphatic heterocycles. The van der Waals surface area contributed by atoms with Gasteiger partial charge in [0.2, 0.25) is 15.9 Å². The summed E-state index contributed by atoms with van der Waals surface area (Å²) in [5, 5.41) is 17.0. The highest BCUT2D eigenvalue weighted by atomic mass is 32.2. The molecule has 1 unspecified atom stereocenters. The van der Waals surface area contributed by atoms with Crippen LogP contribution >= 0.6 is 0 Å². The Morgan fingerprint density at radius 3 is 2.31 bits per heavy atom. The fourth-order valence-corrected chi connectivity index (χ4v) is 7.85. The lowest BCUT2D eigenvalue weighted by molar-refractivity contribution is -0.129. The van der Waals surface area contributed by atoms with Crippen LogP contribution in [0.5, 0.6) is 5.75 Å². The van der Waals surface area contributed by atoms with E-state index in [9.17, 15) is 23.3 Å². The first-order chi connectivity index (χ1) is 27.8. The summed E-state index contributed by atoms with van der Waals surface area (Å²) in [6.45, 7) is 17.4. The average molecular weight is 831 g/mol. The Kier molecular flexibility index (Phi) is 14.0. The lowest BCUT2D eigenvalue weighted by Gasteiger charge is -2.47. The smallest absolute Gasteiger partial charge is 0.420 e. The Morgan fingerprint density at radius 2 is 1.66 bits per heavy atom. The number of fused-ring (bicyclic) bond motifs is 1. The third-order valence-corrected chi connectivity index (χ3v) is 13.3. The Bertz CT molecular complexity index is 2240. The quantitative estimate of drug-likeness (QED) is 0.0923. The van der Waals surface area contributed by atoms with Crippen molar-refractivity contribution < 1.29 is 37.0 Å². The highest BCUT2D eigenvalue weighted by molar-refractivity contribution is 7.89. The summed E-state index contributed by atoms with van der Waals surface area (Å²) in [6.07, 6.45) is 5.71. The van der Waals surface area contributed by atoms with Gasteiger partial charge in [-0.15, -0.1) is 0 Å². The van der Waals surface area contributed by atoms with Gasteiger partial charge in [-0.1, -0.05) is 52.1 Å². The van der Waals surface area contributed by atoms with Crippen LogP contribution in [0.2, 0.25) is 5.31 Å². The first-order valence-electron chi connectivity index (χ1n) is 19.7. The molecule has 3 aromatic heterocycles. The van der Waals surface area contributed by atoms with Gasteiger partial charge in [0.25, 0.3) is 0 Å². The number of nitrogens with one attached hydrogen (secondary N) is 1. The van der Waals surface area contributed by atoms with Crippen molar-refractivity contribution in [1.29, 1.82) is 5.26 Å². The number of nitrogens with zero attached hydrogens (tertiary/aromatic N) is 7. The van der Waals surface area contributed by atoms with E-state index in [-0.39, 0.29) is 42.5 Å². The van der Waals surface area contributed by atoms with Gasteiger partial charge >= 0.3 is 6.09 Å². The number of rotatable bonds is 20. The van der Waals surface area contributed by atoms with Crippen molar-refractivity contribution in [2.24, 2.45) is 11.3 Å². The molecule has 16 nitrogen and oxygen atoms in total. The molecule has 59 heavy (non-hydrogen) atoms. The van der Waals surface area contributed by atoms with E-state index in [1.54, 1.807) is 62.2 Å². The molecule has 4 aromatic rings. The number of benzene rings is 1. The Labute approximate surface area is 348 Å². The van der Waals surface area contributed by atoms with Crippen LogP contribution in [0.3, 0.4) is 0 Å². The molecule has 1 amide bonds. The lowest BCUT2D eigenvalue weighted by Crippen LogP contribution is -2.64. The predicted molar refractivity (Wildman–Crippen MR) is 222 cm³/mol. The number of aromatic nitrogens is 5. The molecule has 316 valence electrons. The zero-order valence-corrected chi connectivity index (χ0v) is 36.0. The van der Waals surface area contributed by atoms with Gasteiger partial charge in [-0.2, -0.15) is 14.7 Å². The third-order valence-electron chi connectivity index (χ3n) is 11.6. The maximum absolute atomic E-state index is 13.5. The summed E-state index contributed by atoms with van der Waals surface area (Å²) in [4.78, 5) is 34.9. The van der Waals surface area contributed by atoms with E-state index in [0.29, 0.717) is 67.6 Å². The number of nitriles is 1. The predicted octanol–water partition coefficient (Wildman–Crippen LogP) is 5.05. The largest absolute Gasteiger partial charge is 0.491 e. The van der Waals surface area contributed by atoms with E-state index >= 15 is 0 Å². The van der Waals surface area contributed by atoms with Crippen molar-refractivity contribution in [1.82, 2.24) is 33.9 Å². The number of carbonyl (C=O) groups excluding carboxylic acids is 2. The Hall–Kier alpha value is -4.83. The van der Waals surface area contributed by atoms with Crippen molar-refractivity contribution in [3.63, 3.8) is 0 Å². The molecular formula is C41H55BN8O8S. The van der Waals surface area contributed by atoms with Crippen molar-refractivity contribution in [3.8, 4) is 23.1 Å². The van der Waals surface area contributed by atoms with Crippen LogP contribution in [0.4, 0.5) is 4.79 Å². The average Bonchev–Trinajstić information content (AvgIpc) is 3.84. The molecule has 0 aliphatic carbocycles. The van der Waals surface area contributed by atoms with Crippen LogP contribution < -0.4 is 10.1 Å². The van der Waals surface area contributed by atoms with Gasteiger partial charge in [0.1, 0.15) is 29.8 Å². The number of carbonyl (C=O) groups is 2. The number of sulfonamides is 1. The van der Waals surface area contributed by atoms with E-state index in [1.165, 1.54) is 15.2 Å². The Balaban J connectivity index is 1.07. The molecule has 1 aliphatic rings.